The Bertz CT molecular complexity index is 373. The number of imidazole rings is 1. The molecular formula is C15H25N3. The molecule has 2 rings (SSSR count). The van der Waals surface area contributed by atoms with Crippen LogP contribution in [0.25, 0.3) is 0 Å². The first-order valence-electron chi connectivity index (χ1n) is 6.96. The molecule has 0 unspecified atom stereocenters. The van der Waals surface area contributed by atoms with Crippen molar-refractivity contribution in [3.8, 4) is 11.8 Å². The predicted octanol–water partition coefficient (Wildman–Crippen LogP) is 2.43. The van der Waals surface area contributed by atoms with Gasteiger partial charge in [-0.1, -0.05) is 39.5 Å². The van der Waals surface area contributed by atoms with Gasteiger partial charge in [0.1, 0.15) is 5.82 Å². The molecule has 0 amide bonds. The van der Waals surface area contributed by atoms with Gasteiger partial charge in [-0.05, 0) is 0 Å². The lowest BCUT2D eigenvalue weighted by molar-refractivity contribution is 0.313. The first-order valence-corrected chi connectivity index (χ1v) is 6.96. The van der Waals surface area contributed by atoms with Crippen LogP contribution in [0, 0.1) is 17.8 Å². The second-order valence-corrected chi connectivity index (χ2v) is 4.54. The molecule has 0 aromatic carbocycles. The monoisotopic (exact) mass is 247 g/mol. The van der Waals surface area contributed by atoms with Crippen LogP contribution in [0.3, 0.4) is 0 Å². The fourth-order valence-electron chi connectivity index (χ4n) is 1.91. The summed E-state index contributed by atoms with van der Waals surface area (Å²) in [6, 6.07) is 0. The van der Waals surface area contributed by atoms with E-state index in [0.717, 1.165) is 32.6 Å². The van der Waals surface area contributed by atoms with E-state index in [1.165, 1.54) is 5.82 Å². The van der Waals surface area contributed by atoms with Crippen LogP contribution in [0.2, 0.25) is 0 Å². The molecule has 0 radical (unpaired) electrons. The molecule has 0 atom stereocenters. The molecule has 0 saturated carbocycles. The van der Waals surface area contributed by atoms with Gasteiger partial charge >= 0.3 is 0 Å². The highest BCUT2D eigenvalue weighted by molar-refractivity contribution is 5.04. The van der Waals surface area contributed by atoms with Crippen molar-refractivity contribution < 1.29 is 0 Å². The molecule has 2 heterocycles. The number of nitrogens with zero attached hydrogens (tertiary/aromatic N) is 3. The summed E-state index contributed by atoms with van der Waals surface area (Å²) in [4.78, 5) is 6.77. The third kappa shape index (κ3) is 4.54. The van der Waals surface area contributed by atoms with Gasteiger partial charge in [-0.3, -0.25) is 4.90 Å². The van der Waals surface area contributed by atoms with Crippen molar-refractivity contribution in [2.45, 2.75) is 40.7 Å². The van der Waals surface area contributed by atoms with Crippen LogP contribution in [0.4, 0.5) is 0 Å². The molecular weight excluding hydrogens is 222 g/mol. The summed E-state index contributed by atoms with van der Waals surface area (Å²) in [5.74, 6) is 8.14. The SMILES string of the molecule is CC.CC(C)C#CCN1CCc2nccn2CC1. The van der Waals surface area contributed by atoms with Gasteiger partial charge in [0.25, 0.3) is 0 Å². The largest absolute Gasteiger partial charge is 0.334 e. The van der Waals surface area contributed by atoms with E-state index in [-0.39, 0.29) is 0 Å². The molecule has 0 N–H and O–H groups in total. The van der Waals surface area contributed by atoms with Crippen LogP contribution in [0.5, 0.6) is 0 Å². The second kappa shape index (κ2) is 7.94. The minimum atomic E-state index is 0.474. The zero-order chi connectivity index (χ0) is 13.4. The average molecular weight is 247 g/mol. The van der Waals surface area contributed by atoms with E-state index in [2.05, 4.69) is 46.3 Å². The number of fused-ring (bicyclic) bond motifs is 1. The standard InChI is InChI=1S/C13H19N3.C2H6/c1-12(2)4-3-7-15-8-5-13-14-6-9-16(13)11-10-15;1-2/h6,9,12H,5,7-8,10-11H2,1-2H3;1-2H3. The van der Waals surface area contributed by atoms with Gasteiger partial charge in [0.2, 0.25) is 0 Å². The van der Waals surface area contributed by atoms with Crippen LogP contribution in [0.1, 0.15) is 33.5 Å². The summed E-state index contributed by atoms with van der Waals surface area (Å²) in [6.45, 7) is 12.3. The zero-order valence-electron chi connectivity index (χ0n) is 12.1. The van der Waals surface area contributed by atoms with E-state index >= 15 is 0 Å². The van der Waals surface area contributed by atoms with E-state index in [1.807, 2.05) is 20.0 Å². The molecule has 1 aliphatic rings. The Hall–Kier alpha value is -1.27. The molecule has 100 valence electrons. The molecule has 18 heavy (non-hydrogen) atoms. The topological polar surface area (TPSA) is 21.1 Å². The van der Waals surface area contributed by atoms with Crippen molar-refractivity contribution >= 4 is 0 Å². The zero-order valence-corrected chi connectivity index (χ0v) is 12.1. The number of aromatic nitrogens is 2. The van der Waals surface area contributed by atoms with Crippen LogP contribution in [-0.2, 0) is 13.0 Å². The Balaban J connectivity index is 0.000000771. The molecule has 0 aliphatic carbocycles. The van der Waals surface area contributed by atoms with Gasteiger partial charge in [0, 0.05) is 44.4 Å². The Morgan fingerprint density at radius 1 is 1.28 bits per heavy atom. The summed E-state index contributed by atoms with van der Waals surface area (Å²) in [7, 11) is 0. The Labute approximate surface area is 111 Å². The average Bonchev–Trinajstić information content (AvgIpc) is 2.74. The summed E-state index contributed by atoms with van der Waals surface area (Å²) in [5.41, 5.74) is 0. The highest BCUT2D eigenvalue weighted by Gasteiger charge is 2.12. The van der Waals surface area contributed by atoms with Gasteiger partial charge < -0.3 is 4.57 Å². The summed E-state index contributed by atoms with van der Waals surface area (Å²) in [6.07, 6.45) is 5.00. The predicted molar refractivity (Wildman–Crippen MR) is 76.3 cm³/mol. The van der Waals surface area contributed by atoms with Crippen molar-refractivity contribution in [2.75, 3.05) is 19.6 Å². The third-order valence-electron chi connectivity index (χ3n) is 2.80. The maximum Gasteiger partial charge on any atom is 0.109 e. The third-order valence-corrected chi connectivity index (χ3v) is 2.80. The molecule has 0 saturated heterocycles. The van der Waals surface area contributed by atoms with Gasteiger partial charge in [-0.15, -0.1) is 0 Å². The van der Waals surface area contributed by atoms with Crippen LogP contribution in [0.15, 0.2) is 12.4 Å². The van der Waals surface area contributed by atoms with Gasteiger partial charge in [-0.25, -0.2) is 4.98 Å². The molecule has 1 aromatic heterocycles. The van der Waals surface area contributed by atoms with Crippen molar-refractivity contribution in [3.63, 3.8) is 0 Å². The molecule has 3 nitrogen and oxygen atoms in total. The van der Waals surface area contributed by atoms with E-state index in [0.29, 0.717) is 5.92 Å². The molecule has 1 aromatic rings. The summed E-state index contributed by atoms with van der Waals surface area (Å²) in [5, 5.41) is 0. The summed E-state index contributed by atoms with van der Waals surface area (Å²) >= 11 is 0. The first-order chi connectivity index (χ1) is 8.75. The van der Waals surface area contributed by atoms with Crippen molar-refractivity contribution in [2.24, 2.45) is 5.92 Å². The minimum Gasteiger partial charge on any atom is -0.334 e. The minimum absolute atomic E-state index is 0.474. The number of hydrogen-bond acceptors (Lipinski definition) is 2. The van der Waals surface area contributed by atoms with Crippen LogP contribution in [-0.4, -0.2) is 34.1 Å². The Morgan fingerprint density at radius 3 is 2.78 bits per heavy atom. The van der Waals surface area contributed by atoms with Crippen molar-refractivity contribution in [1.29, 1.82) is 0 Å². The fourth-order valence-corrected chi connectivity index (χ4v) is 1.91. The maximum absolute atomic E-state index is 4.36. The van der Waals surface area contributed by atoms with Gasteiger partial charge in [-0.2, -0.15) is 0 Å². The normalized spacial score (nSPS) is 14.9. The fraction of sp³-hybridized carbons (Fsp3) is 0.667. The molecule has 1 aliphatic heterocycles. The quantitative estimate of drug-likeness (QED) is 0.711. The van der Waals surface area contributed by atoms with E-state index in [1.54, 1.807) is 0 Å². The van der Waals surface area contributed by atoms with Gasteiger partial charge in [0.05, 0.1) is 6.54 Å². The lowest BCUT2D eigenvalue weighted by Crippen LogP contribution is -2.27. The van der Waals surface area contributed by atoms with Crippen LogP contribution >= 0.6 is 0 Å². The van der Waals surface area contributed by atoms with Crippen molar-refractivity contribution in [3.05, 3.63) is 18.2 Å². The Morgan fingerprint density at radius 2 is 2.06 bits per heavy atom. The lowest BCUT2D eigenvalue weighted by Gasteiger charge is -2.15. The summed E-state index contributed by atoms with van der Waals surface area (Å²) < 4.78 is 2.25. The van der Waals surface area contributed by atoms with Crippen LogP contribution < -0.4 is 0 Å². The first kappa shape index (κ1) is 14.8. The Kier molecular flexibility index (Phi) is 6.53. The molecule has 0 bridgehead atoms. The smallest absolute Gasteiger partial charge is 0.109 e. The number of hydrogen-bond donors (Lipinski definition) is 0. The van der Waals surface area contributed by atoms with E-state index in [4.69, 9.17) is 0 Å². The highest BCUT2D eigenvalue weighted by atomic mass is 15.2. The lowest BCUT2D eigenvalue weighted by atomic mass is 10.2. The molecule has 3 heteroatoms. The van der Waals surface area contributed by atoms with E-state index < -0.39 is 0 Å². The maximum atomic E-state index is 4.36. The molecule has 0 spiro atoms. The second-order valence-electron chi connectivity index (χ2n) is 4.54. The molecule has 0 fully saturated rings. The van der Waals surface area contributed by atoms with E-state index in [9.17, 15) is 0 Å². The highest BCUT2D eigenvalue weighted by Crippen LogP contribution is 2.06. The van der Waals surface area contributed by atoms with Crippen molar-refractivity contribution in [1.82, 2.24) is 14.5 Å². The van der Waals surface area contributed by atoms with Gasteiger partial charge in [0.15, 0.2) is 0 Å². The number of rotatable bonds is 1.